The second-order valence-electron chi connectivity index (χ2n) is 5.83. The number of thioether (sulfide) groups is 1. The van der Waals surface area contributed by atoms with Crippen molar-refractivity contribution in [3.8, 4) is 0 Å². The fourth-order valence-electron chi connectivity index (χ4n) is 2.56. The predicted octanol–water partition coefficient (Wildman–Crippen LogP) is 1.73. The molecule has 3 nitrogen and oxygen atoms in total. The molecule has 0 aromatic carbocycles. The zero-order valence-corrected chi connectivity index (χ0v) is 11.8. The van der Waals surface area contributed by atoms with Crippen molar-refractivity contribution in [2.75, 3.05) is 31.1 Å². The van der Waals surface area contributed by atoms with Gasteiger partial charge in [-0.1, -0.05) is 13.8 Å². The van der Waals surface area contributed by atoms with Crippen molar-refractivity contribution in [2.45, 2.75) is 39.2 Å². The van der Waals surface area contributed by atoms with Crippen LogP contribution in [0.15, 0.2) is 0 Å². The topological polar surface area (TPSA) is 32.3 Å². The molecular formula is C13H24N2OS. The highest BCUT2D eigenvalue weighted by Crippen LogP contribution is 2.33. The van der Waals surface area contributed by atoms with E-state index in [4.69, 9.17) is 0 Å². The SMILES string of the molecule is CC1(C)CCSCC1NCC(=O)N1CCCC1. The summed E-state index contributed by atoms with van der Waals surface area (Å²) in [6.45, 7) is 7.07. The van der Waals surface area contributed by atoms with Gasteiger partial charge in [0.05, 0.1) is 6.54 Å². The summed E-state index contributed by atoms with van der Waals surface area (Å²) in [5, 5.41) is 3.48. The summed E-state index contributed by atoms with van der Waals surface area (Å²) in [7, 11) is 0. The van der Waals surface area contributed by atoms with Crippen molar-refractivity contribution < 1.29 is 4.79 Å². The molecule has 0 saturated carbocycles. The summed E-state index contributed by atoms with van der Waals surface area (Å²) in [4.78, 5) is 14.0. The summed E-state index contributed by atoms with van der Waals surface area (Å²) in [6, 6.07) is 0.479. The fourth-order valence-corrected chi connectivity index (χ4v) is 4.20. The summed E-state index contributed by atoms with van der Waals surface area (Å²) in [5.74, 6) is 2.68. The Hall–Kier alpha value is -0.220. The molecule has 0 radical (unpaired) electrons. The Kier molecular flexibility index (Phi) is 4.36. The monoisotopic (exact) mass is 256 g/mol. The first-order valence-corrected chi connectivity index (χ1v) is 7.84. The number of carbonyl (C=O) groups is 1. The molecule has 2 saturated heterocycles. The molecule has 1 atom stereocenters. The van der Waals surface area contributed by atoms with E-state index in [1.165, 1.54) is 25.0 Å². The molecule has 0 aromatic heterocycles. The van der Waals surface area contributed by atoms with Crippen molar-refractivity contribution >= 4 is 17.7 Å². The lowest BCUT2D eigenvalue weighted by Crippen LogP contribution is -2.50. The van der Waals surface area contributed by atoms with Crippen molar-refractivity contribution in [1.29, 1.82) is 0 Å². The van der Waals surface area contributed by atoms with Crippen LogP contribution in [0.2, 0.25) is 0 Å². The van der Waals surface area contributed by atoms with Crippen LogP contribution in [0.4, 0.5) is 0 Å². The first-order valence-electron chi connectivity index (χ1n) is 6.68. The van der Waals surface area contributed by atoms with Gasteiger partial charge in [0.25, 0.3) is 0 Å². The number of rotatable bonds is 3. The van der Waals surface area contributed by atoms with E-state index in [1.54, 1.807) is 0 Å². The van der Waals surface area contributed by atoms with Gasteiger partial charge >= 0.3 is 0 Å². The van der Waals surface area contributed by atoms with E-state index in [0.717, 1.165) is 18.8 Å². The summed E-state index contributed by atoms with van der Waals surface area (Å²) in [6.07, 6.45) is 3.60. The minimum Gasteiger partial charge on any atom is -0.342 e. The van der Waals surface area contributed by atoms with Crippen LogP contribution in [0, 0.1) is 5.41 Å². The Morgan fingerprint density at radius 2 is 2.12 bits per heavy atom. The molecule has 4 heteroatoms. The maximum Gasteiger partial charge on any atom is 0.236 e. The third-order valence-corrected chi connectivity index (χ3v) is 5.14. The minimum atomic E-state index is 0.286. The van der Waals surface area contributed by atoms with Gasteiger partial charge in [-0.3, -0.25) is 4.79 Å². The fraction of sp³-hybridized carbons (Fsp3) is 0.923. The molecule has 2 aliphatic heterocycles. The zero-order chi connectivity index (χ0) is 12.3. The molecule has 1 N–H and O–H groups in total. The molecule has 98 valence electrons. The van der Waals surface area contributed by atoms with Crippen molar-refractivity contribution in [3.05, 3.63) is 0 Å². The molecule has 1 unspecified atom stereocenters. The number of amides is 1. The Labute approximate surface area is 109 Å². The van der Waals surface area contributed by atoms with Gasteiger partial charge in [0.2, 0.25) is 5.91 Å². The molecule has 2 fully saturated rings. The van der Waals surface area contributed by atoms with Gasteiger partial charge in [-0.15, -0.1) is 0 Å². The third-order valence-electron chi connectivity index (χ3n) is 4.08. The number of hydrogen-bond donors (Lipinski definition) is 1. The highest BCUT2D eigenvalue weighted by molar-refractivity contribution is 7.99. The third kappa shape index (κ3) is 3.38. The van der Waals surface area contributed by atoms with Gasteiger partial charge < -0.3 is 10.2 Å². The van der Waals surface area contributed by atoms with Gasteiger partial charge in [0.15, 0.2) is 0 Å². The molecule has 0 bridgehead atoms. The van der Waals surface area contributed by atoms with E-state index in [9.17, 15) is 4.79 Å². The first-order chi connectivity index (χ1) is 8.09. The van der Waals surface area contributed by atoms with Gasteiger partial charge in [-0.25, -0.2) is 0 Å². The average Bonchev–Trinajstić information content (AvgIpc) is 2.80. The summed E-state index contributed by atoms with van der Waals surface area (Å²) < 4.78 is 0. The van der Waals surface area contributed by atoms with Gasteiger partial charge in [-0.2, -0.15) is 11.8 Å². The van der Waals surface area contributed by atoms with Crippen LogP contribution in [0.25, 0.3) is 0 Å². The quantitative estimate of drug-likeness (QED) is 0.834. The molecule has 1 amide bonds. The summed E-state index contributed by atoms with van der Waals surface area (Å²) >= 11 is 2.00. The van der Waals surface area contributed by atoms with Gasteiger partial charge in [0.1, 0.15) is 0 Å². The highest BCUT2D eigenvalue weighted by atomic mass is 32.2. The van der Waals surface area contributed by atoms with E-state index in [2.05, 4.69) is 19.2 Å². The van der Waals surface area contributed by atoms with E-state index >= 15 is 0 Å². The largest absolute Gasteiger partial charge is 0.342 e. The zero-order valence-electron chi connectivity index (χ0n) is 11.0. The lowest BCUT2D eigenvalue weighted by atomic mass is 9.82. The van der Waals surface area contributed by atoms with Crippen LogP contribution < -0.4 is 5.32 Å². The number of nitrogens with zero attached hydrogens (tertiary/aromatic N) is 1. The van der Waals surface area contributed by atoms with E-state index in [-0.39, 0.29) is 5.91 Å². The smallest absolute Gasteiger partial charge is 0.236 e. The predicted molar refractivity (Wildman–Crippen MR) is 73.3 cm³/mol. The van der Waals surface area contributed by atoms with Crippen molar-refractivity contribution in [2.24, 2.45) is 5.41 Å². The highest BCUT2D eigenvalue weighted by Gasteiger charge is 2.32. The molecule has 0 aromatic rings. The van der Waals surface area contributed by atoms with Crippen LogP contribution in [0.3, 0.4) is 0 Å². The van der Waals surface area contributed by atoms with Gasteiger partial charge in [0, 0.05) is 24.9 Å². The van der Waals surface area contributed by atoms with E-state index < -0.39 is 0 Å². The molecule has 2 heterocycles. The number of hydrogen-bond acceptors (Lipinski definition) is 3. The Morgan fingerprint density at radius 1 is 1.41 bits per heavy atom. The molecule has 0 spiro atoms. The van der Waals surface area contributed by atoms with Crippen LogP contribution in [0.1, 0.15) is 33.1 Å². The molecule has 0 aliphatic carbocycles. The first kappa shape index (κ1) is 13.2. The molecule has 17 heavy (non-hydrogen) atoms. The Bertz CT molecular complexity index is 275. The molecule has 2 rings (SSSR count). The lowest BCUT2D eigenvalue weighted by molar-refractivity contribution is -0.129. The maximum absolute atomic E-state index is 12.0. The lowest BCUT2D eigenvalue weighted by Gasteiger charge is -2.39. The second kappa shape index (κ2) is 5.61. The normalized spacial score (nSPS) is 28.4. The van der Waals surface area contributed by atoms with Crippen molar-refractivity contribution in [1.82, 2.24) is 10.2 Å². The van der Waals surface area contributed by atoms with Crippen LogP contribution in [0.5, 0.6) is 0 Å². The standard InChI is InChI=1S/C13H24N2OS/c1-13(2)5-8-17-10-11(13)14-9-12(16)15-6-3-4-7-15/h11,14H,3-10H2,1-2H3. The Morgan fingerprint density at radius 3 is 2.76 bits per heavy atom. The van der Waals surface area contributed by atoms with Crippen LogP contribution in [-0.2, 0) is 4.79 Å². The Balaban J connectivity index is 1.78. The van der Waals surface area contributed by atoms with E-state index in [1.807, 2.05) is 16.7 Å². The maximum atomic E-state index is 12.0. The average molecular weight is 256 g/mol. The van der Waals surface area contributed by atoms with Crippen LogP contribution >= 0.6 is 11.8 Å². The van der Waals surface area contributed by atoms with E-state index in [0.29, 0.717) is 18.0 Å². The number of likely N-dealkylation sites (tertiary alicyclic amines) is 1. The van der Waals surface area contributed by atoms with Crippen molar-refractivity contribution in [3.63, 3.8) is 0 Å². The summed E-state index contributed by atoms with van der Waals surface area (Å²) in [5.41, 5.74) is 0.330. The molecule has 2 aliphatic rings. The number of carbonyl (C=O) groups excluding carboxylic acids is 1. The number of nitrogens with one attached hydrogen (secondary N) is 1. The van der Waals surface area contributed by atoms with Gasteiger partial charge in [-0.05, 0) is 30.4 Å². The molecular weight excluding hydrogens is 232 g/mol. The minimum absolute atomic E-state index is 0.286. The van der Waals surface area contributed by atoms with Crippen LogP contribution in [-0.4, -0.2) is 48.0 Å². The second-order valence-corrected chi connectivity index (χ2v) is 6.98.